The Bertz CT molecular complexity index is 1020. The van der Waals surface area contributed by atoms with E-state index in [0.717, 1.165) is 36.0 Å². The van der Waals surface area contributed by atoms with Crippen LogP contribution in [-0.4, -0.2) is 46.1 Å². The first kappa shape index (κ1) is 22.5. The number of nitrogens with one attached hydrogen (secondary N) is 2. The lowest BCUT2D eigenvalue weighted by Gasteiger charge is -2.27. The first-order chi connectivity index (χ1) is 15.5. The maximum Gasteiger partial charge on any atom is 0.262 e. The van der Waals surface area contributed by atoms with E-state index in [2.05, 4.69) is 20.5 Å². The highest BCUT2D eigenvalue weighted by molar-refractivity contribution is 8.15. The van der Waals surface area contributed by atoms with Gasteiger partial charge in [0.2, 0.25) is 5.91 Å². The van der Waals surface area contributed by atoms with Gasteiger partial charge < -0.3 is 15.5 Å². The number of likely N-dealkylation sites (tertiary alicyclic amines) is 1. The molecule has 1 saturated heterocycles. The number of thiophene rings is 1. The van der Waals surface area contributed by atoms with Gasteiger partial charge in [-0.15, -0.1) is 11.3 Å². The molecule has 3 amide bonds. The van der Waals surface area contributed by atoms with Crippen LogP contribution in [0.3, 0.4) is 0 Å². The second kappa shape index (κ2) is 10.3. The molecule has 0 saturated carbocycles. The summed E-state index contributed by atoms with van der Waals surface area (Å²) in [6.45, 7) is 3.77. The van der Waals surface area contributed by atoms with E-state index in [1.165, 1.54) is 18.2 Å². The Hall–Kier alpha value is -2.65. The third kappa shape index (κ3) is 5.58. The first-order valence-corrected chi connectivity index (χ1v) is 12.5. The van der Waals surface area contributed by atoms with Crippen LogP contribution >= 0.6 is 23.1 Å². The molecule has 2 aromatic rings. The van der Waals surface area contributed by atoms with E-state index in [1.54, 1.807) is 35.6 Å². The van der Waals surface area contributed by atoms with Gasteiger partial charge in [0.05, 0.1) is 6.04 Å². The van der Waals surface area contributed by atoms with Crippen molar-refractivity contribution in [2.24, 2.45) is 4.99 Å². The van der Waals surface area contributed by atoms with E-state index in [-0.39, 0.29) is 30.2 Å². The van der Waals surface area contributed by atoms with Crippen LogP contribution in [0, 0.1) is 0 Å². The predicted molar refractivity (Wildman–Crippen MR) is 129 cm³/mol. The summed E-state index contributed by atoms with van der Waals surface area (Å²) in [5.41, 5.74) is 0.993. The molecule has 0 radical (unpaired) electrons. The lowest BCUT2D eigenvalue weighted by Crippen LogP contribution is -2.33. The van der Waals surface area contributed by atoms with Crippen molar-refractivity contribution in [3.8, 4) is 0 Å². The molecule has 2 atom stereocenters. The Morgan fingerprint density at radius 1 is 1.19 bits per heavy atom. The lowest BCUT2D eigenvalue weighted by molar-refractivity contribution is -0.121. The quantitative estimate of drug-likeness (QED) is 0.665. The molecule has 2 unspecified atom stereocenters. The van der Waals surface area contributed by atoms with Crippen LogP contribution in [0.25, 0.3) is 0 Å². The monoisotopic (exact) mass is 470 g/mol. The SMILES string of the molecule is CC(NC(=O)c1cccc(NC(=O)CC2SC(N3CCCCC3)=NC2=O)c1)c1cccs1. The summed E-state index contributed by atoms with van der Waals surface area (Å²) in [5, 5.41) is 8.00. The molecule has 2 aliphatic rings. The van der Waals surface area contributed by atoms with Crippen molar-refractivity contribution >= 4 is 51.7 Å². The highest BCUT2D eigenvalue weighted by Crippen LogP contribution is 2.29. The number of rotatable bonds is 6. The fourth-order valence-corrected chi connectivity index (χ4v) is 5.59. The number of hydrogen-bond donors (Lipinski definition) is 2. The number of carbonyl (C=O) groups is 3. The summed E-state index contributed by atoms with van der Waals surface area (Å²) in [4.78, 5) is 44.9. The van der Waals surface area contributed by atoms with Crippen LogP contribution in [-0.2, 0) is 9.59 Å². The van der Waals surface area contributed by atoms with Crippen LogP contribution in [0.4, 0.5) is 5.69 Å². The minimum atomic E-state index is -0.495. The third-order valence-electron chi connectivity index (χ3n) is 5.45. The summed E-state index contributed by atoms with van der Waals surface area (Å²) in [5.74, 6) is -0.722. The highest BCUT2D eigenvalue weighted by Gasteiger charge is 2.33. The van der Waals surface area contributed by atoms with Gasteiger partial charge >= 0.3 is 0 Å². The van der Waals surface area contributed by atoms with Gasteiger partial charge in [-0.25, -0.2) is 0 Å². The van der Waals surface area contributed by atoms with Gasteiger partial charge in [0.1, 0.15) is 5.25 Å². The number of hydrogen-bond acceptors (Lipinski definition) is 6. The Labute approximate surface area is 195 Å². The van der Waals surface area contributed by atoms with E-state index in [9.17, 15) is 14.4 Å². The predicted octanol–water partition coefficient (Wildman–Crippen LogP) is 4.05. The summed E-state index contributed by atoms with van der Waals surface area (Å²) < 4.78 is 0. The van der Waals surface area contributed by atoms with Crippen LogP contribution < -0.4 is 10.6 Å². The van der Waals surface area contributed by atoms with Gasteiger partial charge in [-0.2, -0.15) is 4.99 Å². The highest BCUT2D eigenvalue weighted by atomic mass is 32.2. The van der Waals surface area contributed by atoms with Crippen molar-refractivity contribution in [3.05, 3.63) is 52.2 Å². The number of amidine groups is 1. The number of aliphatic imine (C=N–C) groups is 1. The Morgan fingerprint density at radius 2 is 2.00 bits per heavy atom. The van der Waals surface area contributed by atoms with Gasteiger partial charge in [-0.05, 0) is 55.8 Å². The average molecular weight is 471 g/mol. The molecule has 9 heteroatoms. The second-order valence-corrected chi connectivity index (χ2v) is 10.1. The van der Waals surface area contributed by atoms with Crippen molar-refractivity contribution in [1.29, 1.82) is 0 Å². The molecule has 7 nitrogen and oxygen atoms in total. The smallest absolute Gasteiger partial charge is 0.262 e. The number of carbonyl (C=O) groups excluding carboxylic acids is 3. The Kier molecular flexibility index (Phi) is 7.26. The van der Waals surface area contributed by atoms with E-state index < -0.39 is 5.25 Å². The van der Waals surface area contributed by atoms with Crippen molar-refractivity contribution in [2.45, 2.75) is 43.9 Å². The number of thioether (sulfide) groups is 1. The average Bonchev–Trinajstić information content (AvgIpc) is 3.45. The van der Waals surface area contributed by atoms with Crippen molar-refractivity contribution in [2.75, 3.05) is 18.4 Å². The lowest BCUT2D eigenvalue weighted by atomic mass is 10.1. The molecule has 1 aromatic carbocycles. The summed E-state index contributed by atoms with van der Waals surface area (Å²) >= 11 is 2.97. The van der Waals surface area contributed by atoms with Crippen LogP contribution in [0.2, 0.25) is 0 Å². The standard InChI is InChI=1S/C23H26N4O3S2/c1-15(18-9-6-12-31-18)24-21(29)16-7-5-8-17(13-16)25-20(28)14-19-22(30)26-23(32-19)27-10-3-2-4-11-27/h5-9,12-13,15,19H,2-4,10-11,14H2,1H3,(H,24,29)(H,25,28). The van der Waals surface area contributed by atoms with E-state index in [0.29, 0.717) is 11.3 Å². The maximum atomic E-state index is 12.6. The van der Waals surface area contributed by atoms with E-state index in [4.69, 9.17) is 0 Å². The zero-order chi connectivity index (χ0) is 22.5. The number of piperidine rings is 1. The normalized spacial score (nSPS) is 19.4. The van der Waals surface area contributed by atoms with Gasteiger partial charge in [0.25, 0.3) is 11.8 Å². The molecule has 0 aliphatic carbocycles. The third-order valence-corrected chi connectivity index (χ3v) is 7.72. The molecule has 0 spiro atoms. The number of anilines is 1. The summed E-state index contributed by atoms with van der Waals surface area (Å²) in [6.07, 6.45) is 3.47. The minimum absolute atomic E-state index is 0.0518. The molecule has 4 rings (SSSR count). The summed E-state index contributed by atoms with van der Waals surface area (Å²) in [7, 11) is 0. The molecule has 2 N–H and O–H groups in total. The Morgan fingerprint density at radius 3 is 2.75 bits per heavy atom. The molecule has 32 heavy (non-hydrogen) atoms. The largest absolute Gasteiger partial charge is 0.351 e. The maximum absolute atomic E-state index is 12.6. The fraction of sp³-hybridized carbons (Fsp3) is 0.391. The number of amides is 3. The molecule has 3 heterocycles. The fourth-order valence-electron chi connectivity index (χ4n) is 3.74. The summed E-state index contributed by atoms with van der Waals surface area (Å²) in [6, 6.07) is 10.7. The first-order valence-electron chi connectivity index (χ1n) is 10.8. The molecule has 168 valence electrons. The van der Waals surface area contributed by atoms with Gasteiger partial charge in [0.15, 0.2) is 5.17 Å². The molecular formula is C23H26N4O3S2. The molecule has 0 bridgehead atoms. The second-order valence-electron chi connectivity index (χ2n) is 7.93. The van der Waals surface area contributed by atoms with Crippen molar-refractivity contribution in [1.82, 2.24) is 10.2 Å². The Balaban J connectivity index is 1.31. The van der Waals surface area contributed by atoms with Crippen molar-refractivity contribution in [3.63, 3.8) is 0 Å². The van der Waals surface area contributed by atoms with Gasteiger partial charge in [0, 0.05) is 35.6 Å². The molecular weight excluding hydrogens is 444 g/mol. The van der Waals surface area contributed by atoms with Crippen LogP contribution in [0.15, 0.2) is 46.8 Å². The van der Waals surface area contributed by atoms with E-state index in [1.807, 2.05) is 24.4 Å². The molecule has 2 aliphatic heterocycles. The molecule has 1 aromatic heterocycles. The van der Waals surface area contributed by atoms with Crippen LogP contribution in [0.1, 0.15) is 53.9 Å². The van der Waals surface area contributed by atoms with Gasteiger partial charge in [-0.3, -0.25) is 14.4 Å². The van der Waals surface area contributed by atoms with E-state index >= 15 is 0 Å². The van der Waals surface area contributed by atoms with Crippen molar-refractivity contribution < 1.29 is 14.4 Å². The topological polar surface area (TPSA) is 90.9 Å². The molecule has 1 fully saturated rings. The zero-order valence-corrected chi connectivity index (χ0v) is 19.5. The zero-order valence-electron chi connectivity index (χ0n) is 17.9. The number of nitrogens with zero attached hydrogens (tertiary/aromatic N) is 2. The van der Waals surface area contributed by atoms with Gasteiger partial charge in [-0.1, -0.05) is 23.9 Å². The van der Waals surface area contributed by atoms with Crippen LogP contribution in [0.5, 0.6) is 0 Å². The number of benzene rings is 1. The minimum Gasteiger partial charge on any atom is -0.351 e.